The monoisotopic (exact) mass is 550 g/mol. The second kappa shape index (κ2) is 12.9. The molecule has 1 aliphatic carbocycles. The van der Waals surface area contributed by atoms with Crippen molar-refractivity contribution >= 4 is 36.0 Å². The van der Waals surface area contributed by atoms with Gasteiger partial charge in [-0.3, -0.25) is 4.99 Å². The molecule has 0 aliphatic heterocycles. The molecular formula is C22H36FIN4O3. The third-order valence-corrected chi connectivity index (χ3v) is 4.77. The van der Waals surface area contributed by atoms with Gasteiger partial charge in [0.25, 0.3) is 0 Å². The molecule has 9 heteroatoms. The summed E-state index contributed by atoms with van der Waals surface area (Å²) < 4.78 is 24.5. The Labute approximate surface area is 202 Å². The molecule has 0 bridgehead atoms. The van der Waals surface area contributed by atoms with E-state index in [9.17, 15) is 9.18 Å². The number of halogens is 2. The van der Waals surface area contributed by atoms with Gasteiger partial charge in [0.15, 0.2) is 17.5 Å². The first-order valence-corrected chi connectivity index (χ1v) is 10.6. The topological polar surface area (TPSA) is 84.0 Å². The van der Waals surface area contributed by atoms with Crippen LogP contribution in [-0.2, 0) is 11.3 Å². The van der Waals surface area contributed by atoms with Crippen molar-refractivity contribution in [2.24, 2.45) is 4.99 Å². The number of ether oxygens (including phenoxy) is 2. The molecule has 0 unspecified atom stereocenters. The van der Waals surface area contributed by atoms with E-state index in [1.54, 1.807) is 13.1 Å². The Morgan fingerprint density at radius 1 is 1.16 bits per heavy atom. The lowest BCUT2D eigenvalue weighted by atomic mass is 9.91. The van der Waals surface area contributed by atoms with Gasteiger partial charge in [0.1, 0.15) is 5.60 Å². The summed E-state index contributed by atoms with van der Waals surface area (Å²) in [6, 6.07) is 5.34. The lowest BCUT2D eigenvalue weighted by molar-refractivity contribution is 0.0490. The Morgan fingerprint density at radius 3 is 2.29 bits per heavy atom. The highest BCUT2D eigenvalue weighted by Crippen LogP contribution is 2.20. The van der Waals surface area contributed by atoms with Crippen LogP contribution in [0.25, 0.3) is 0 Å². The Kier molecular flexibility index (Phi) is 11.4. The van der Waals surface area contributed by atoms with Crippen molar-refractivity contribution in [1.82, 2.24) is 16.0 Å². The smallest absolute Gasteiger partial charge is 0.407 e. The first-order valence-electron chi connectivity index (χ1n) is 10.6. The van der Waals surface area contributed by atoms with E-state index in [0.717, 1.165) is 31.2 Å². The molecule has 1 fully saturated rings. The fraction of sp³-hybridized carbons (Fsp3) is 0.636. The average Bonchev–Trinajstić information content (AvgIpc) is 2.67. The van der Waals surface area contributed by atoms with Gasteiger partial charge in [-0.1, -0.05) is 6.07 Å². The Hall–Kier alpha value is -1.78. The van der Waals surface area contributed by atoms with Crippen LogP contribution in [0, 0.1) is 5.82 Å². The van der Waals surface area contributed by atoms with Crippen molar-refractivity contribution in [2.45, 2.75) is 77.6 Å². The summed E-state index contributed by atoms with van der Waals surface area (Å²) >= 11 is 0. The zero-order valence-electron chi connectivity index (χ0n) is 19.1. The van der Waals surface area contributed by atoms with Gasteiger partial charge in [-0.25, -0.2) is 9.18 Å². The number of carbonyl (C=O) groups is 1. The minimum Gasteiger partial charge on any atom is -0.491 e. The summed E-state index contributed by atoms with van der Waals surface area (Å²) in [5.74, 6) is 0.572. The predicted octanol–water partition coefficient (Wildman–Crippen LogP) is 4.34. The molecule has 0 aromatic heterocycles. The van der Waals surface area contributed by atoms with Crippen LogP contribution in [0.3, 0.4) is 0 Å². The van der Waals surface area contributed by atoms with Crippen LogP contribution < -0.4 is 20.7 Å². The third kappa shape index (κ3) is 9.92. The fourth-order valence-electron chi connectivity index (χ4n) is 3.36. The number of nitrogens with zero attached hydrogens (tertiary/aromatic N) is 1. The maximum Gasteiger partial charge on any atom is 0.407 e. The van der Waals surface area contributed by atoms with Gasteiger partial charge >= 0.3 is 6.09 Å². The molecule has 1 saturated carbocycles. The average molecular weight is 550 g/mol. The molecule has 0 atom stereocenters. The molecule has 0 spiro atoms. The van der Waals surface area contributed by atoms with E-state index in [2.05, 4.69) is 20.9 Å². The lowest BCUT2D eigenvalue weighted by Crippen LogP contribution is -2.47. The minimum absolute atomic E-state index is 0. The Morgan fingerprint density at radius 2 is 1.77 bits per heavy atom. The fourth-order valence-corrected chi connectivity index (χ4v) is 3.36. The van der Waals surface area contributed by atoms with Crippen molar-refractivity contribution in [3.63, 3.8) is 0 Å². The highest BCUT2D eigenvalue weighted by atomic mass is 127. The molecule has 176 valence electrons. The summed E-state index contributed by atoms with van der Waals surface area (Å²) in [5, 5.41) is 9.58. The molecule has 1 amide bonds. The molecule has 1 aromatic carbocycles. The molecular weight excluding hydrogens is 514 g/mol. The van der Waals surface area contributed by atoms with E-state index in [1.807, 2.05) is 33.8 Å². The molecule has 2 rings (SSSR count). The largest absolute Gasteiger partial charge is 0.491 e. The number of aliphatic imine (C=N–C) groups is 1. The van der Waals surface area contributed by atoms with E-state index in [4.69, 9.17) is 9.47 Å². The second-order valence-corrected chi connectivity index (χ2v) is 8.46. The van der Waals surface area contributed by atoms with Crippen LogP contribution in [0.4, 0.5) is 9.18 Å². The molecule has 1 aromatic rings. The maximum absolute atomic E-state index is 14.0. The van der Waals surface area contributed by atoms with Crippen LogP contribution in [-0.4, -0.2) is 43.4 Å². The van der Waals surface area contributed by atoms with E-state index in [-0.39, 0.29) is 53.7 Å². The highest BCUT2D eigenvalue weighted by molar-refractivity contribution is 14.0. The van der Waals surface area contributed by atoms with Crippen LogP contribution >= 0.6 is 24.0 Å². The standard InChI is InChI=1S/C22H35FN4O3.HI/c1-6-29-19-12-7-15(13-18(19)23)14-25-20(24-5)26-16-8-10-17(11-9-16)27-21(28)30-22(2,3)4;/h7,12-13,16-17H,6,8-11,14H2,1-5H3,(H,27,28)(H2,24,25,26);1H. The van der Waals surface area contributed by atoms with Crippen molar-refractivity contribution < 1.29 is 18.7 Å². The van der Waals surface area contributed by atoms with Gasteiger partial charge in [-0.15, -0.1) is 24.0 Å². The first-order chi connectivity index (χ1) is 14.2. The number of guanidine groups is 1. The van der Waals surface area contributed by atoms with Gasteiger partial charge in [0, 0.05) is 25.7 Å². The normalized spacial score (nSPS) is 19.1. The molecule has 31 heavy (non-hydrogen) atoms. The third-order valence-electron chi connectivity index (χ3n) is 4.77. The highest BCUT2D eigenvalue weighted by Gasteiger charge is 2.25. The van der Waals surface area contributed by atoms with Gasteiger partial charge in [-0.05, 0) is 71.1 Å². The quantitative estimate of drug-likeness (QED) is 0.279. The van der Waals surface area contributed by atoms with Crippen molar-refractivity contribution in [3.05, 3.63) is 29.6 Å². The van der Waals surface area contributed by atoms with Gasteiger partial charge in [0.2, 0.25) is 0 Å². The SMILES string of the molecule is CCOc1ccc(CNC(=NC)NC2CCC(NC(=O)OC(C)(C)C)CC2)cc1F.I. The molecule has 0 heterocycles. The summed E-state index contributed by atoms with van der Waals surface area (Å²) in [4.78, 5) is 16.2. The number of nitrogens with one attached hydrogen (secondary N) is 3. The number of benzene rings is 1. The van der Waals surface area contributed by atoms with E-state index >= 15 is 0 Å². The van der Waals surface area contributed by atoms with Crippen LogP contribution in [0.2, 0.25) is 0 Å². The van der Waals surface area contributed by atoms with Gasteiger partial charge in [0.05, 0.1) is 6.61 Å². The maximum atomic E-state index is 14.0. The zero-order chi connectivity index (χ0) is 22.1. The summed E-state index contributed by atoms with van der Waals surface area (Å²) in [6.45, 7) is 8.28. The van der Waals surface area contributed by atoms with Gasteiger partial charge in [-0.2, -0.15) is 0 Å². The van der Waals surface area contributed by atoms with E-state index in [1.165, 1.54) is 6.07 Å². The van der Waals surface area contributed by atoms with Crippen LogP contribution in [0.1, 0.15) is 58.9 Å². The number of rotatable bonds is 6. The second-order valence-electron chi connectivity index (χ2n) is 8.46. The number of alkyl carbamates (subject to hydrolysis) is 1. The molecule has 0 radical (unpaired) electrons. The summed E-state index contributed by atoms with van der Waals surface area (Å²) in [5.41, 5.74) is 0.317. The Bertz CT molecular complexity index is 732. The Balaban J connectivity index is 0.00000480. The zero-order valence-corrected chi connectivity index (χ0v) is 21.4. The number of carbonyl (C=O) groups excluding carboxylic acids is 1. The summed E-state index contributed by atoms with van der Waals surface area (Å²) in [7, 11) is 1.71. The van der Waals surface area contributed by atoms with E-state index in [0.29, 0.717) is 19.1 Å². The van der Waals surface area contributed by atoms with E-state index < -0.39 is 5.60 Å². The van der Waals surface area contributed by atoms with Crippen molar-refractivity contribution in [2.75, 3.05) is 13.7 Å². The molecule has 3 N–H and O–H groups in total. The van der Waals surface area contributed by atoms with Crippen molar-refractivity contribution in [3.8, 4) is 5.75 Å². The first kappa shape index (κ1) is 27.3. The van der Waals surface area contributed by atoms with Gasteiger partial charge < -0.3 is 25.4 Å². The molecule has 0 saturated heterocycles. The van der Waals surface area contributed by atoms with Crippen LogP contribution in [0.15, 0.2) is 23.2 Å². The number of amides is 1. The molecule has 7 nitrogen and oxygen atoms in total. The predicted molar refractivity (Wildman–Crippen MR) is 132 cm³/mol. The summed E-state index contributed by atoms with van der Waals surface area (Å²) in [6.07, 6.45) is 3.22. The minimum atomic E-state index is -0.493. The number of hydrogen-bond acceptors (Lipinski definition) is 4. The lowest BCUT2D eigenvalue weighted by Gasteiger charge is -2.31. The van der Waals surface area contributed by atoms with Crippen LogP contribution in [0.5, 0.6) is 5.75 Å². The molecule has 1 aliphatic rings. The van der Waals surface area contributed by atoms with Crippen molar-refractivity contribution in [1.29, 1.82) is 0 Å². The number of hydrogen-bond donors (Lipinski definition) is 3.